The molecule has 0 saturated heterocycles. The van der Waals surface area contributed by atoms with Gasteiger partial charge in [0.1, 0.15) is 5.75 Å². The third-order valence-corrected chi connectivity index (χ3v) is 5.87. The lowest BCUT2D eigenvalue weighted by Gasteiger charge is -2.27. The number of carbonyl (C=O) groups is 1. The third kappa shape index (κ3) is 4.16. The average molecular weight is 314 g/mol. The highest BCUT2D eigenvalue weighted by Crippen LogP contribution is 2.38. The van der Waals surface area contributed by atoms with Crippen LogP contribution in [0.5, 0.6) is 5.75 Å². The van der Waals surface area contributed by atoms with E-state index in [0.717, 1.165) is 23.7 Å². The van der Waals surface area contributed by atoms with Gasteiger partial charge < -0.3 is 4.74 Å². The van der Waals surface area contributed by atoms with E-state index in [1.165, 1.54) is 63.4 Å². The fourth-order valence-electron chi connectivity index (χ4n) is 4.42. The molecule has 0 bridgehead atoms. The number of ketones is 1. The highest BCUT2D eigenvalue weighted by Gasteiger charge is 2.26. The van der Waals surface area contributed by atoms with Gasteiger partial charge in [-0.05, 0) is 54.9 Å². The second-order valence-corrected chi connectivity index (χ2v) is 7.40. The van der Waals surface area contributed by atoms with Gasteiger partial charge in [0, 0.05) is 12.0 Å². The fourth-order valence-corrected chi connectivity index (χ4v) is 4.42. The van der Waals surface area contributed by atoms with Crippen LogP contribution in [0.25, 0.3) is 0 Å². The monoisotopic (exact) mass is 314 g/mol. The van der Waals surface area contributed by atoms with E-state index < -0.39 is 0 Å². The molecule has 1 unspecified atom stereocenters. The number of methoxy groups -OCH3 is 1. The quantitative estimate of drug-likeness (QED) is 0.692. The predicted molar refractivity (Wildman–Crippen MR) is 94.3 cm³/mol. The Kier molecular flexibility index (Phi) is 5.75. The molecule has 23 heavy (non-hydrogen) atoms. The number of Topliss-reactive ketones (excluding diaryl/α,β-unsaturated/α-hetero) is 1. The molecule has 1 atom stereocenters. The molecule has 2 nitrogen and oxygen atoms in total. The Hall–Kier alpha value is -1.31. The van der Waals surface area contributed by atoms with Crippen molar-refractivity contribution >= 4 is 5.78 Å². The number of carbonyl (C=O) groups excluding carboxylic acids is 1. The van der Waals surface area contributed by atoms with E-state index in [4.69, 9.17) is 4.74 Å². The number of hydrogen-bond acceptors (Lipinski definition) is 2. The van der Waals surface area contributed by atoms with Crippen LogP contribution in [-0.2, 0) is 0 Å². The summed E-state index contributed by atoms with van der Waals surface area (Å²) in [7, 11) is 1.70. The molecule has 0 radical (unpaired) electrons. The number of rotatable bonds is 4. The minimum Gasteiger partial charge on any atom is -0.497 e. The van der Waals surface area contributed by atoms with Gasteiger partial charge >= 0.3 is 0 Å². The highest BCUT2D eigenvalue weighted by molar-refractivity contribution is 5.98. The summed E-state index contributed by atoms with van der Waals surface area (Å²) in [5, 5.41) is 0. The maximum Gasteiger partial charge on any atom is 0.163 e. The van der Waals surface area contributed by atoms with E-state index in [1.54, 1.807) is 7.11 Å². The van der Waals surface area contributed by atoms with Crippen molar-refractivity contribution in [1.82, 2.24) is 0 Å². The highest BCUT2D eigenvalue weighted by atomic mass is 16.5. The molecule has 0 spiro atoms. The summed E-state index contributed by atoms with van der Waals surface area (Å²) >= 11 is 0. The lowest BCUT2D eigenvalue weighted by molar-refractivity contribution is 0.0965. The van der Waals surface area contributed by atoms with E-state index in [-0.39, 0.29) is 0 Å². The molecule has 0 N–H and O–H groups in total. The zero-order valence-electron chi connectivity index (χ0n) is 14.5. The van der Waals surface area contributed by atoms with Crippen molar-refractivity contribution in [3.8, 4) is 5.75 Å². The molecular formula is C21H30O2. The van der Waals surface area contributed by atoms with Crippen LogP contribution in [-0.4, -0.2) is 12.9 Å². The minimum absolute atomic E-state index is 0.310. The molecule has 1 aromatic carbocycles. The van der Waals surface area contributed by atoms with Crippen LogP contribution in [0.1, 0.15) is 92.5 Å². The van der Waals surface area contributed by atoms with Gasteiger partial charge in [-0.25, -0.2) is 0 Å². The first-order valence-electron chi connectivity index (χ1n) is 9.49. The van der Waals surface area contributed by atoms with Crippen LogP contribution in [0, 0.1) is 5.92 Å². The van der Waals surface area contributed by atoms with Crippen LogP contribution >= 0.6 is 0 Å². The van der Waals surface area contributed by atoms with Crippen LogP contribution in [0.4, 0.5) is 0 Å². The maximum absolute atomic E-state index is 12.2. The minimum atomic E-state index is 0.310. The standard InChI is InChI=1S/C21H30O2/c1-23-18-12-13-19-20(15-18)17(11-14-21(19)22)10-9-16-7-5-3-2-4-6-8-16/h12-13,15-17H,2-11,14H2,1H3. The normalized spacial score (nSPS) is 23.0. The van der Waals surface area contributed by atoms with E-state index in [1.807, 2.05) is 12.1 Å². The van der Waals surface area contributed by atoms with Gasteiger partial charge in [0.05, 0.1) is 7.11 Å². The molecular weight excluding hydrogens is 284 g/mol. The second kappa shape index (κ2) is 7.99. The number of fused-ring (bicyclic) bond motifs is 1. The molecule has 0 amide bonds. The molecule has 0 aliphatic heterocycles. The fraction of sp³-hybridized carbons (Fsp3) is 0.667. The Labute approximate surface area is 140 Å². The second-order valence-electron chi connectivity index (χ2n) is 7.40. The molecule has 2 aliphatic rings. The number of hydrogen-bond donors (Lipinski definition) is 0. The van der Waals surface area contributed by atoms with Gasteiger partial charge in [-0.2, -0.15) is 0 Å². The van der Waals surface area contributed by atoms with Gasteiger partial charge in [-0.3, -0.25) is 4.79 Å². The number of benzene rings is 1. The molecule has 2 aliphatic carbocycles. The average Bonchev–Trinajstić information content (AvgIpc) is 2.55. The third-order valence-electron chi connectivity index (χ3n) is 5.87. The number of ether oxygens (including phenoxy) is 1. The summed E-state index contributed by atoms with van der Waals surface area (Å²) in [6, 6.07) is 6.00. The maximum atomic E-state index is 12.2. The molecule has 0 heterocycles. The topological polar surface area (TPSA) is 26.3 Å². The van der Waals surface area contributed by atoms with Crippen LogP contribution in [0.2, 0.25) is 0 Å². The summed E-state index contributed by atoms with van der Waals surface area (Å²) in [5.74, 6) is 2.64. The predicted octanol–water partition coefficient (Wildman–Crippen LogP) is 5.90. The van der Waals surface area contributed by atoms with Crippen molar-refractivity contribution in [2.24, 2.45) is 5.92 Å². The van der Waals surface area contributed by atoms with E-state index in [2.05, 4.69) is 6.07 Å². The molecule has 1 fully saturated rings. The van der Waals surface area contributed by atoms with E-state index in [0.29, 0.717) is 18.1 Å². The summed E-state index contributed by atoms with van der Waals surface area (Å²) in [5.41, 5.74) is 2.19. The van der Waals surface area contributed by atoms with Gasteiger partial charge in [0.2, 0.25) is 0 Å². The Bertz CT molecular complexity index is 527. The van der Waals surface area contributed by atoms with Crippen molar-refractivity contribution in [2.75, 3.05) is 7.11 Å². The van der Waals surface area contributed by atoms with Crippen LogP contribution < -0.4 is 4.74 Å². The molecule has 1 saturated carbocycles. The smallest absolute Gasteiger partial charge is 0.163 e. The van der Waals surface area contributed by atoms with Crippen molar-refractivity contribution in [2.45, 2.75) is 76.5 Å². The lowest BCUT2D eigenvalue weighted by Crippen LogP contribution is -2.17. The van der Waals surface area contributed by atoms with Gasteiger partial charge in [-0.15, -0.1) is 0 Å². The van der Waals surface area contributed by atoms with Gasteiger partial charge in [0.25, 0.3) is 0 Å². The summed E-state index contributed by atoms with van der Waals surface area (Å²) < 4.78 is 5.38. The lowest BCUT2D eigenvalue weighted by atomic mass is 9.77. The Morgan fingerprint density at radius 3 is 2.48 bits per heavy atom. The summed E-state index contributed by atoms with van der Waals surface area (Å²) in [4.78, 5) is 12.2. The molecule has 0 aromatic heterocycles. The molecule has 1 aromatic rings. The van der Waals surface area contributed by atoms with Crippen LogP contribution in [0.15, 0.2) is 18.2 Å². The first kappa shape index (κ1) is 16.5. The summed E-state index contributed by atoms with van der Waals surface area (Å²) in [6.45, 7) is 0. The van der Waals surface area contributed by atoms with Gasteiger partial charge in [-0.1, -0.05) is 44.9 Å². The van der Waals surface area contributed by atoms with Crippen molar-refractivity contribution < 1.29 is 9.53 Å². The van der Waals surface area contributed by atoms with E-state index in [9.17, 15) is 4.79 Å². The first-order valence-corrected chi connectivity index (χ1v) is 9.49. The first-order chi connectivity index (χ1) is 11.3. The van der Waals surface area contributed by atoms with E-state index >= 15 is 0 Å². The molecule has 126 valence electrons. The zero-order valence-corrected chi connectivity index (χ0v) is 14.5. The largest absolute Gasteiger partial charge is 0.497 e. The molecule has 2 heteroatoms. The SMILES string of the molecule is COc1ccc2c(c1)C(CCC1CCCCCCC1)CCC2=O. The Morgan fingerprint density at radius 1 is 1.00 bits per heavy atom. The van der Waals surface area contributed by atoms with Crippen LogP contribution in [0.3, 0.4) is 0 Å². The molecule has 3 rings (SSSR count). The zero-order chi connectivity index (χ0) is 16.1. The van der Waals surface area contributed by atoms with Crippen molar-refractivity contribution in [1.29, 1.82) is 0 Å². The van der Waals surface area contributed by atoms with Crippen molar-refractivity contribution in [3.63, 3.8) is 0 Å². The Morgan fingerprint density at radius 2 is 1.74 bits per heavy atom. The Balaban J connectivity index is 1.66. The summed E-state index contributed by atoms with van der Waals surface area (Å²) in [6.07, 6.45) is 14.2. The van der Waals surface area contributed by atoms with Gasteiger partial charge in [0.15, 0.2) is 5.78 Å². The van der Waals surface area contributed by atoms with Crippen molar-refractivity contribution in [3.05, 3.63) is 29.3 Å².